The number of hydrogen-bond donors (Lipinski definition) is 2. The van der Waals surface area contributed by atoms with Crippen LogP contribution in [0, 0.1) is 27.7 Å². The summed E-state index contributed by atoms with van der Waals surface area (Å²) in [6.07, 6.45) is 0. The van der Waals surface area contributed by atoms with E-state index >= 15 is 0 Å². The number of aryl methyl sites for hydroxylation is 4. The van der Waals surface area contributed by atoms with E-state index in [9.17, 15) is 9.59 Å². The summed E-state index contributed by atoms with van der Waals surface area (Å²) in [5.41, 5.74) is 6.56. The van der Waals surface area contributed by atoms with E-state index in [2.05, 4.69) is 10.2 Å². The van der Waals surface area contributed by atoms with E-state index in [1.165, 1.54) is 9.36 Å². The molecule has 2 N–H and O–H groups in total. The standard InChI is InChI=1S/C37H35ClN4O4/c1-22-11-9-15-28(17-22)41-36(43)32(24(3)39-41)34(33-25(4)40-42(37(33)44)29-16-10-12-23(2)18-29)27-19-30(38)35(31(20-27)45-5)46-21-26-13-7-6-8-14-26/h6-20,34,39-40H,21H2,1-5H3. The number of aromatic nitrogens is 4. The van der Waals surface area contributed by atoms with Crippen molar-refractivity contribution >= 4 is 11.6 Å². The highest BCUT2D eigenvalue weighted by molar-refractivity contribution is 6.32. The second-order valence-electron chi connectivity index (χ2n) is 11.5. The van der Waals surface area contributed by atoms with Crippen LogP contribution in [0.25, 0.3) is 11.4 Å². The molecule has 6 aromatic rings. The number of nitrogens with zero attached hydrogens (tertiary/aromatic N) is 2. The summed E-state index contributed by atoms with van der Waals surface area (Å²) in [6, 6.07) is 28.7. The number of halogens is 1. The largest absolute Gasteiger partial charge is 0.493 e. The van der Waals surface area contributed by atoms with E-state index in [1.54, 1.807) is 19.2 Å². The summed E-state index contributed by atoms with van der Waals surface area (Å²) in [5, 5.41) is 6.80. The fraction of sp³-hybridized carbons (Fsp3) is 0.189. The molecular formula is C37H35ClN4O4. The molecule has 0 atom stereocenters. The van der Waals surface area contributed by atoms with Crippen LogP contribution in [-0.4, -0.2) is 26.7 Å². The van der Waals surface area contributed by atoms with Crippen LogP contribution in [0.15, 0.2) is 101 Å². The third-order valence-electron chi connectivity index (χ3n) is 8.14. The van der Waals surface area contributed by atoms with Gasteiger partial charge in [0.25, 0.3) is 11.1 Å². The van der Waals surface area contributed by atoms with Gasteiger partial charge >= 0.3 is 0 Å². The summed E-state index contributed by atoms with van der Waals surface area (Å²) in [4.78, 5) is 28.6. The zero-order valence-electron chi connectivity index (χ0n) is 26.4. The van der Waals surface area contributed by atoms with Gasteiger partial charge in [-0.3, -0.25) is 19.8 Å². The number of H-pyrrole nitrogens is 2. The van der Waals surface area contributed by atoms with Gasteiger partial charge in [-0.05, 0) is 86.3 Å². The van der Waals surface area contributed by atoms with Crippen LogP contribution in [0.3, 0.4) is 0 Å². The minimum absolute atomic E-state index is 0.269. The molecule has 0 aliphatic carbocycles. The third kappa shape index (κ3) is 5.79. The smallest absolute Gasteiger partial charge is 0.275 e. The molecule has 8 nitrogen and oxygen atoms in total. The first-order chi connectivity index (χ1) is 22.2. The predicted molar refractivity (Wildman–Crippen MR) is 181 cm³/mol. The lowest BCUT2D eigenvalue weighted by molar-refractivity contribution is 0.284. The Bertz CT molecular complexity index is 2050. The van der Waals surface area contributed by atoms with Crippen LogP contribution in [0.5, 0.6) is 11.5 Å². The quantitative estimate of drug-likeness (QED) is 0.175. The molecule has 0 amide bonds. The fourth-order valence-electron chi connectivity index (χ4n) is 5.95. The van der Waals surface area contributed by atoms with E-state index in [4.69, 9.17) is 21.1 Å². The van der Waals surface area contributed by atoms with Crippen molar-refractivity contribution in [2.24, 2.45) is 0 Å². The molecule has 2 aromatic heterocycles. The van der Waals surface area contributed by atoms with Gasteiger partial charge in [-0.25, -0.2) is 9.36 Å². The Morgan fingerprint density at radius 1 is 0.717 bits per heavy atom. The number of benzene rings is 4. The van der Waals surface area contributed by atoms with Gasteiger partial charge in [0.1, 0.15) is 6.61 Å². The molecule has 0 fully saturated rings. The molecule has 0 bridgehead atoms. The maximum atomic E-state index is 14.3. The number of aromatic amines is 2. The number of methoxy groups -OCH3 is 1. The molecule has 0 aliphatic heterocycles. The molecule has 4 aromatic carbocycles. The molecule has 234 valence electrons. The third-order valence-corrected chi connectivity index (χ3v) is 8.42. The van der Waals surface area contributed by atoms with Gasteiger partial charge in [0, 0.05) is 17.3 Å². The van der Waals surface area contributed by atoms with Crippen molar-refractivity contribution in [3.05, 3.63) is 161 Å². The monoisotopic (exact) mass is 634 g/mol. The minimum atomic E-state index is -0.792. The highest BCUT2D eigenvalue weighted by Gasteiger charge is 2.32. The van der Waals surface area contributed by atoms with Crippen molar-refractivity contribution in [3.8, 4) is 22.9 Å². The maximum Gasteiger partial charge on any atom is 0.275 e. The predicted octanol–water partition coefficient (Wildman–Crippen LogP) is 7.30. The molecule has 2 heterocycles. The van der Waals surface area contributed by atoms with Crippen molar-refractivity contribution in [1.29, 1.82) is 0 Å². The average Bonchev–Trinajstić information content (AvgIpc) is 3.50. The Kier molecular flexibility index (Phi) is 8.47. The summed E-state index contributed by atoms with van der Waals surface area (Å²) >= 11 is 6.91. The van der Waals surface area contributed by atoms with Gasteiger partial charge in [0.2, 0.25) is 0 Å². The van der Waals surface area contributed by atoms with Gasteiger partial charge < -0.3 is 9.47 Å². The van der Waals surface area contributed by atoms with Crippen molar-refractivity contribution in [1.82, 2.24) is 19.6 Å². The molecule has 46 heavy (non-hydrogen) atoms. The zero-order chi connectivity index (χ0) is 32.5. The first-order valence-corrected chi connectivity index (χ1v) is 15.3. The van der Waals surface area contributed by atoms with Crippen LogP contribution in [0.4, 0.5) is 0 Å². The van der Waals surface area contributed by atoms with Crippen molar-refractivity contribution in [2.45, 2.75) is 40.2 Å². The molecule has 6 rings (SSSR count). The van der Waals surface area contributed by atoms with Gasteiger partial charge in [-0.15, -0.1) is 0 Å². The van der Waals surface area contributed by atoms with Crippen molar-refractivity contribution in [2.75, 3.05) is 7.11 Å². The Hall–Kier alpha value is -5.21. The van der Waals surface area contributed by atoms with Crippen LogP contribution in [0.1, 0.15) is 50.7 Å². The fourth-order valence-corrected chi connectivity index (χ4v) is 6.22. The number of ether oxygens (including phenoxy) is 2. The molecule has 0 saturated heterocycles. The summed E-state index contributed by atoms with van der Waals surface area (Å²) in [5.74, 6) is -0.0246. The lowest BCUT2D eigenvalue weighted by Crippen LogP contribution is -2.25. The lowest BCUT2D eigenvalue weighted by atomic mass is 9.85. The van der Waals surface area contributed by atoms with Gasteiger partial charge in [0.15, 0.2) is 11.5 Å². The topological polar surface area (TPSA) is 94.0 Å². The summed E-state index contributed by atoms with van der Waals surface area (Å²) in [7, 11) is 1.54. The van der Waals surface area contributed by atoms with E-state index in [1.807, 2.05) is 107 Å². The number of hydrogen-bond acceptors (Lipinski definition) is 4. The molecule has 0 unspecified atom stereocenters. The lowest BCUT2D eigenvalue weighted by Gasteiger charge is -2.20. The zero-order valence-corrected chi connectivity index (χ0v) is 27.1. The number of nitrogens with one attached hydrogen (secondary N) is 2. The van der Waals surface area contributed by atoms with E-state index in [0.717, 1.165) is 16.7 Å². The van der Waals surface area contributed by atoms with Crippen molar-refractivity contribution < 1.29 is 9.47 Å². The Labute approximate surface area is 271 Å². The highest BCUT2D eigenvalue weighted by Crippen LogP contribution is 2.42. The van der Waals surface area contributed by atoms with E-state index < -0.39 is 5.92 Å². The SMILES string of the molecule is COc1cc(C(c2c(C)[nH]n(-c3cccc(C)c3)c2=O)c2c(C)[nH]n(-c3cccc(C)c3)c2=O)cc(Cl)c1OCc1ccccc1. The Balaban J connectivity index is 1.55. The van der Waals surface area contributed by atoms with Gasteiger partial charge in [0.05, 0.1) is 34.6 Å². The molecule has 0 aliphatic rings. The second kappa shape index (κ2) is 12.7. The molecule has 0 spiro atoms. The summed E-state index contributed by atoms with van der Waals surface area (Å²) in [6.45, 7) is 7.91. The molecular weight excluding hydrogens is 600 g/mol. The molecule has 0 saturated carbocycles. The van der Waals surface area contributed by atoms with Crippen LogP contribution >= 0.6 is 11.6 Å². The van der Waals surface area contributed by atoms with Crippen LogP contribution in [-0.2, 0) is 6.61 Å². The summed E-state index contributed by atoms with van der Waals surface area (Å²) < 4.78 is 14.9. The van der Waals surface area contributed by atoms with E-state index in [0.29, 0.717) is 56.0 Å². The van der Waals surface area contributed by atoms with Crippen LogP contribution < -0.4 is 20.6 Å². The van der Waals surface area contributed by atoms with E-state index in [-0.39, 0.29) is 17.7 Å². The first kappa shape index (κ1) is 30.8. The Morgan fingerprint density at radius 2 is 1.26 bits per heavy atom. The Morgan fingerprint density at radius 3 is 1.76 bits per heavy atom. The van der Waals surface area contributed by atoms with Crippen LogP contribution in [0.2, 0.25) is 5.02 Å². The normalized spacial score (nSPS) is 11.3. The second-order valence-corrected chi connectivity index (χ2v) is 11.9. The number of rotatable bonds is 9. The first-order valence-electron chi connectivity index (χ1n) is 15.0. The molecule has 0 radical (unpaired) electrons. The minimum Gasteiger partial charge on any atom is -0.493 e. The maximum absolute atomic E-state index is 14.3. The van der Waals surface area contributed by atoms with Gasteiger partial charge in [-0.2, -0.15) is 0 Å². The highest BCUT2D eigenvalue weighted by atomic mass is 35.5. The van der Waals surface area contributed by atoms with Gasteiger partial charge in [-0.1, -0.05) is 66.2 Å². The molecule has 9 heteroatoms. The van der Waals surface area contributed by atoms with Crippen molar-refractivity contribution in [3.63, 3.8) is 0 Å². The average molecular weight is 635 g/mol.